The van der Waals surface area contributed by atoms with Crippen LogP contribution in [0.4, 0.5) is 27.8 Å². The molecular formula is C25H33ClF5N5O5S. The molecule has 0 aromatic carbocycles. The van der Waals surface area contributed by atoms with Gasteiger partial charge in [0.05, 0.1) is 28.8 Å². The lowest BCUT2D eigenvalue weighted by Gasteiger charge is -2.31. The fourth-order valence-corrected chi connectivity index (χ4v) is 5.12. The van der Waals surface area contributed by atoms with Crippen LogP contribution < -0.4 is 15.4 Å². The van der Waals surface area contributed by atoms with Crippen LogP contribution in [0.3, 0.4) is 0 Å². The number of anilines is 1. The number of nitrogens with one attached hydrogen (secondary N) is 2. The number of aromatic nitrogens is 3. The molecule has 2 aromatic rings. The van der Waals surface area contributed by atoms with E-state index < -0.39 is 54.1 Å². The van der Waals surface area contributed by atoms with Crippen molar-refractivity contribution in [2.45, 2.75) is 84.4 Å². The molecule has 236 valence electrons. The average Bonchev–Trinajstić information content (AvgIpc) is 3.18. The summed E-state index contributed by atoms with van der Waals surface area (Å²) < 4.78 is 88.0. The second kappa shape index (κ2) is 15.0. The van der Waals surface area contributed by atoms with E-state index in [4.69, 9.17) is 20.0 Å². The number of nitrogens with zero attached hydrogens (tertiary/aromatic N) is 3. The van der Waals surface area contributed by atoms with Crippen molar-refractivity contribution in [3.63, 3.8) is 0 Å². The van der Waals surface area contributed by atoms with Gasteiger partial charge in [-0.05, 0) is 39.5 Å². The van der Waals surface area contributed by atoms with Gasteiger partial charge in [-0.3, -0.25) is 9.48 Å². The van der Waals surface area contributed by atoms with Crippen molar-refractivity contribution in [2.24, 2.45) is 11.8 Å². The topological polar surface area (TPSA) is 135 Å². The van der Waals surface area contributed by atoms with Gasteiger partial charge in [0.15, 0.2) is 5.69 Å². The summed E-state index contributed by atoms with van der Waals surface area (Å²) >= 11 is 5.78. The Bertz CT molecular complexity index is 1260. The molecule has 17 heteroatoms. The van der Waals surface area contributed by atoms with Gasteiger partial charge >= 0.3 is 24.4 Å². The van der Waals surface area contributed by atoms with Gasteiger partial charge in [-0.15, -0.1) is 0 Å². The molecule has 2 aromatic heterocycles. The molecule has 0 unspecified atom stereocenters. The summed E-state index contributed by atoms with van der Waals surface area (Å²) in [5.74, 6) is -0.849. The first-order valence-electron chi connectivity index (χ1n) is 13.0. The lowest BCUT2D eigenvalue weighted by molar-refractivity contribution is -0.142. The Morgan fingerprint density at radius 1 is 1.29 bits per heavy atom. The number of hydrogen-bond donors (Lipinski definition) is 3. The Morgan fingerprint density at radius 3 is 2.48 bits per heavy atom. The number of hydrogen-bond acceptors (Lipinski definition) is 8. The van der Waals surface area contributed by atoms with Gasteiger partial charge in [-0.2, -0.15) is 35.5 Å². The molecule has 3 rings (SSSR count). The van der Waals surface area contributed by atoms with Crippen molar-refractivity contribution in [1.82, 2.24) is 20.1 Å². The summed E-state index contributed by atoms with van der Waals surface area (Å²) in [4.78, 5) is 17.0. The van der Waals surface area contributed by atoms with E-state index in [-0.39, 0.29) is 46.8 Å². The van der Waals surface area contributed by atoms with Crippen LogP contribution in [-0.4, -0.2) is 65.2 Å². The van der Waals surface area contributed by atoms with Gasteiger partial charge < -0.3 is 20.5 Å². The number of alkyl halides is 5. The summed E-state index contributed by atoms with van der Waals surface area (Å²) in [7, 11) is 0. The van der Waals surface area contributed by atoms with Crippen molar-refractivity contribution in [3.8, 4) is 17.0 Å². The molecule has 1 saturated carbocycles. The van der Waals surface area contributed by atoms with Crippen molar-refractivity contribution >= 4 is 34.9 Å². The Morgan fingerprint density at radius 2 is 1.93 bits per heavy atom. The van der Waals surface area contributed by atoms with E-state index in [1.165, 1.54) is 18.5 Å². The molecule has 1 amide bonds. The highest BCUT2D eigenvalue weighted by atomic mass is 35.5. The molecule has 1 aliphatic rings. The van der Waals surface area contributed by atoms with Crippen LogP contribution in [0.1, 0.15) is 63.9 Å². The number of carbonyl (C=O) groups excluding carboxylic acids is 1. The summed E-state index contributed by atoms with van der Waals surface area (Å²) in [6, 6.07) is 1.05. The van der Waals surface area contributed by atoms with E-state index in [0.29, 0.717) is 12.3 Å². The zero-order valence-electron chi connectivity index (χ0n) is 23.3. The maximum absolute atomic E-state index is 13.3. The molecule has 10 nitrogen and oxygen atoms in total. The molecular weight excluding hydrogens is 613 g/mol. The second-order valence-electron chi connectivity index (χ2n) is 10.6. The summed E-state index contributed by atoms with van der Waals surface area (Å²) in [6.45, 7) is 3.51. The molecule has 2 heterocycles. The van der Waals surface area contributed by atoms with Crippen LogP contribution >= 0.6 is 11.6 Å². The number of aryl methyl sites for hydroxylation is 1. The van der Waals surface area contributed by atoms with E-state index in [1.54, 1.807) is 6.92 Å². The Hall–Kier alpha value is -2.85. The summed E-state index contributed by atoms with van der Waals surface area (Å²) in [5, 5.41) is 19.8. The predicted octanol–water partition coefficient (Wildman–Crippen LogP) is 5.22. The fraction of sp³-hybridized carbons (Fsp3) is 0.640. The largest absolute Gasteiger partial charge is 0.434 e. The Labute approximate surface area is 248 Å². The molecule has 0 radical (unpaired) electrons. The van der Waals surface area contributed by atoms with E-state index in [1.807, 2.05) is 0 Å². The van der Waals surface area contributed by atoms with Crippen molar-refractivity contribution in [2.75, 3.05) is 11.9 Å². The Balaban J connectivity index is 0.00000197. The number of halogens is 6. The first kappa shape index (κ1) is 35.3. The quantitative estimate of drug-likeness (QED) is 0.300. The number of carbonyl (C=O) groups is 1. The van der Waals surface area contributed by atoms with E-state index in [0.717, 1.165) is 25.1 Å². The molecule has 0 spiro atoms. The molecule has 3 N–H and O–H groups in total. The van der Waals surface area contributed by atoms with Crippen molar-refractivity contribution in [1.29, 1.82) is 0 Å². The number of aliphatic hydroxyl groups excluding tert-OH is 1. The third-order valence-electron chi connectivity index (χ3n) is 6.60. The molecule has 1 fully saturated rings. The van der Waals surface area contributed by atoms with Crippen LogP contribution in [0, 0.1) is 11.8 Å². The van der Waals surface area contributed by atoms with Crippen LogP contribution in [-0.2, 0) is 18.1 Å². The number of pyridine rings is 1. The number of amides is 1. The van der Waals surface area contributed by atoms with Gasteiger partial charge in [0, 0.05) is 36.8 Å². The Kier molecular flexibility index (Phi) is 12.7. The van der Waals surface area contributed by atoms with Crippen LogP contribution in [0.2, 0.25) is 5.02 Å². The standard InChI is InChI=1S/C25H33ClF5N5O3.O2S/c1-5-36-21(19(26)20(35-36)22(38)33-10-14-7-6-13(2)8-16(14)37)15-11-32-18(9-17(15)39-23(27)28)34-24(3,4)12-25(29,30)31;1-3-2/h9,11,13-14,16,23,37H,5-8,10,12H2,1-4H3,(H,32,34)(H,33,38);/t13-,14+,16-;/m0./s1. The van der Waals surface area contributed by atoms with E-state index in [9.17, 15) is 31.9 Å². The highest BCUT2D eigenvalue weighted by Gasteiger charge is 2.37. The highest BCUT2D eigenvalue weighted by Crippen LogP contribution is 2.39. The van der Waals surface area contributed by atoms with Gasteiger partial charge in [0.25, 0.3) is 5.91 Å². The van der Waals surface area contributed by atoms with Gasteiger partial charge in [-0.25, -0.2) is 4.98 Å². The van der Waals surface area contributed by atoms with Gasteiger partial charge in [-0.1, -0.05) is 24.9 Å². The lowest BCUT2D eigenvalue weighted by Crippen LogP contribution is -2.38. The molecule has 0 aliphatic heterocycles. The maximum Gasteiger partial charge on any atom is 0.391 e. The van der Waals surface area contributed by atoms with Crippen molar-refractivity contribution < 1.29 is 45.0 Å². The van der Waals surface area contributed by atoms with Crippen LogP contribution in [0.5, 0.6) is 5.75 Å². The smallest absolute Gasteiger partial charge is 0.391 e. The van der Waals surface area contributed by atoms with Gasteiger partial charge in [0.1, 0.15) is 11.6 Å². The molecule has 1 aliphatic carbocycles. The molecule has 0 bridgehead atoms. The zero-order valence-corrected chi connectivity index (χ0v) is 24.9. The van der Waals surface area contributed by atoms with E-state index >= 15 is 0 Å². The van der Waals surface area contributed by atoms with Crippen LogP contribution in [0.15, 0.2) is 12.3 Å². The van der Waals surface area contributed by atoms with Gasteiger partial charge in [0.2, 0.25) is 0 Å². The lowest BCUT2D eigenvalue weighted by atomic mass is 9.81. The monoisotopic (exact) mass is 645 g/mol. The predicted molar refractivity (Wildman–Crippen MR) is 145 cm³/mol. The minimum absolute atomic E-state index is 0.0235. The normalized spacial score (nSPS) is 19.1. The first-order chi connectivity index (χ1) is 19.5. The summed E-state index contributed by atoms with van der Waals surface area (Å²) in [5.41, 5.74) is -1.58. The third-order valence-corrected chi connectivity index (χ3v) is 6.96. The van der Waals surface area contributed by atoms with E-state index in [2.05, 4.69) is 32.4 Å². The molecule has 42 heavy (non-hydrogen) atoms. The average molecular weight is 646 g/mol. The minimum Gasteiger partial charge on any atom is -0.434 e. The van der Waals surface area contributed by atoms with Crippen molar-refractivity contribution in [3.05, 3.63) is 23.0 Å². The minimum atomic E-state index is -4.47. The van der Waals surface area contributed by atoms with Crippen LogP contribution in [0.25, 0.3) is 11.3 Å². The second-order valence-corrected chi connectivity index (χ2v) is 11.1. The highest BCUT2D eigenvalue weighted by molar-refractivity contribution is 7.51. The SMILES string of the molecule is CCn1nc(C(=O)NC[C@H]2CC[C@H](C)C[C@@H]2O)c(Cl)c1-c1cnc(NC(C)(C)CC(F)(F)F)cc1OC(F)F.O=S=O. The molecule has 3 atom stereocenters. The number of aliphatic hydroxyl groups is 1. The maximum atomic E-state index is 13.3. The number of ether oxygens (including phenoxy) is 1. The summed E-state index contributed by atoms with van der Waals surface area (Å²) in [6.07, 6.45) is -2.74. The first-order valence-corrected chi connectivity index (χ1v) is 14.0. The fourth-order valence-electron chi connectivity index (χ4n) is 4.80. The zero-order chi connectivity index (χ0) is 31.8. The third kappa shape index (κ3) is 10.2. The number of rotatable bonds is 10. The molecule has 0 saturated heterocycles.